The van der Waals surface area contributed by atoms with Gasteiger partial charge in [-0.2, -0.15) is 0 Å². The summed E-state index contributed by atoms with van der Waals surface area (Å²) in [5, 5.41) is 20.9. The maximum Gasteiger partial charge on any atom is 0.243 e. The molecule has 12 nitrogen and oxygen atoms in total. The smallest absolute Gasteiger partial charge is 0.243 e. The number of anilines is 1. The van der Waals surface area contributed by atoms with Crippen molar-refractivity contribution in [1.29, 1.82) is 0 Å². The van der Waals surface area contributed by atoms with Crippen molar-refractivity contribution < 1.29 is 29.4 Å². The predicted molar refractivity (Wildman–Crippen MR) is 161 cm³/mol. The number of nitrogens with zero attached hydrogens (tertiary/aromatic N) is 4. The van der Waals surface area contributed by atoms with Gasteiger partial charge >= 0.3 is 0 Å². The van der Waals surface area contributed by atoms with Gasteiger partial charge in [-0.25, -0.2) is 15.4 Å². The number of nitrogens with one attached hydrogen (secondary N) is 2. The predicted octanol–water partition coefficient (Wildman–Crippen LogP) is 2.63. The van der Waals surface area contributed by atoms with Crippen LogP contribution in [-0.4, -0.2) is 75.8 Å². The number of aliphatic hydroxyl groups is 1. The van der Waals surface area contributed by atoms with Crippen molar-refractivity contribution in [3.05, 3.63) is 89.2 Å². The lowest BCUT2D eigenvalue weighted by Gasteiger charge is -2.40. The molecule has 12 heteroatoms. The minimum atomic E-state index is -0.559. The Morgan fingerprint density at radius 1 is 0.864 bits per heavy atom. The van der Waals surface area contributed by atoms with Crippen molar-refractivity contribution in [2.24, 2.45) is 0 Å². The minimum absolute atomic E-state index is 0.00612. The van der Waals surface area contributed by atoms with Crippen LogP contribution in [0, 0.1) is 0 Å². The topological polar surface area (TPSA) is 149 Å². The Kier molecular flexibility index (Phi) is 11.2. The van der Waals surface area contributed by atoms with E-state index in [0.717, 1.165) is 60.9 Å². The highest BCUT2D eigenvalue weighted by molar-refractivity contribution is 5.78. The highest BCUT2D eigenvalue weighted by atomic mass is 16.7. The highest BCUT2D eigenvalue weighted by Crippen LogP contribution is 2.38. The second-order valence-corrected chi connectivity index (χ2v) is 11.1. The van der Waals surface area contributed by atoms with Crippen LogP contribution in [0.3, 0.4) is 0 Å². The van der Waals surface area contributed by atoms with Crippen LogP contribution in [0.4, 0.5) is 5.95 Å². The molecule has 2 amide bonds. The van der Waals surface area contributed by atoms with Crippen LogP contribution in [0.1, 0.15) is 60.3 Å². The summed E-state index contributed by atoms with van der Waals surface area (Å²) in [7, 11) is 0. The van der Waals surface area contributed by atoms with Crippen LogP contribution >= 0.6 is 0 Å². The molecule has 44 heavy (non-hydrogen) atoms. The first-order chi connectivity index (χ1) is 21.5. The van der Waals surface area contributed by atoms with Crippen LogP contribution < -0.4 is 15.7 Å². The van der Waals surface area contributed by atoms with Crippen molar-refractivity contribution in [3.63, 3.8) is 0 Å². The molecule has 234 valence electrons. The summed E-state index contributed by atoms with van der Waals surface area (Å²) in [4.78, 5) is 36.6. The maximum atomic E-state index is 12.1. The number of benzene rings is 2. The van der Waals surface area contributed by atoms with E-state index in [2.05, 4.69) is 25.1 Å². The molecular formula is C32H40N6O6. The Balaban J connectivity index is 1.20. The van der Waals surface area contributed by atoms with Gasteiger partial charge in [-0.05, 0) is 29.2 Å². The molecule has 2 fully saturated rings. The van der Waals surface area contributed by atoms with Crippen LogP contribution in [-0.2, 0) is 32.2 Å². The van der Waals surface area contributed by atoms with Gasteiger partial charge in [0.25, 0.3) is 0 Å². The van der Waals surface area contributed by atoms with Crippen molar-refractivity contribution in [2.45, 2.75) is 57.3 Å². The number of carbonyl (C=O) groups excluding carboxylic acids is 2. The Hall–Kier alpha value is -3.94. The fourth-order valence-electron chi connectivity index (χ4n) is 5.45. The molecule has 3 atom stereocenters. The number of carbonyl (C=O) groups is 2. The molecule has 3 heterocycles. The normalized spacial score (nSPS) is 20.7. The van der Waals surface area contributed by atoms with E-state index >= 15 is 0 Å². The van der Waals surface area contributed by atoms with Gasteiger partial charge in [-0.1, -0.05) is 48.5 Å². The van der Waals surface area contributed by atoms with Crippen LogP contribution in [0.25, 0.3) is 0 Å². The first kappa shape index (κ1) is 31.5. The van der Waals surface area contributed by atoms with Crippen molar-refractivity contribution in [3.8, 4) is 0 Å². The summed E-state index contributed by atoms with van der Waals surface area (Å²) in [6.45, 7) is 4.59. The zero-order valence-corrected chi connectivity index (χ0v) is 24.7. The zero-order valence-electron chi connectivity index (χ0n) is 24.7. The lowest BCUT2D eigenvalue weighted by molar-refractivity contribution is -0.253. The first-order valence-electron chi connectivity index (χ1n) is 15.0. The second kappa shape index (κ2) is 15.7. The standard InChI is InChI=1S/C32H40N6O6/c39-22-24-7-9-25(10-8-24)28-19-27(21-37-15-17-38(18-16-37)32-33-13-2-14-34-32)43-31(44-28)26-11-5-23(6-12-26)20-35-29(40)3-1-4-30(41)36-42/h2,5-14,27-28,31,39,42H,1,3-4,15-22H2,(H,35,40)(H,36,41). The van der Waals surface area contributed by atoms with Crippen molar-refractivity contribution in [1.82, 2.24) is 25.7 Å². The molecule has 2 aliphatic rings. The minimum Gasteiger partial charge on any atom is -0.392 e. The van der Waals surface area contributed by atoms with Gasteiger partial charge in [0.2, 0.25) is 17.8 Å². The second-order valence-electron chi connectivity index (χ2n) is 11.1. The lowest BCUT2D eigenvalue weighted by atomic mass is 9.99. The number of rotatable bonds is 12. The molecule has 0 aliphatic carbocycles. The van der Waals surface area contributed by atoms with E-state index in [9.17, 15) is 14.7 Å². The van der Waals surface area contributed by atoms with Crippen molar-refractivity contribution >= 4 is 17.8 Å². The van der Waals surface area contributed by atoms with Gasteiger partial charge in [-0.15, -0.1) is 0 Å². The van der Waals surface area contributed by atoms with Crippen LogP contribution in [0.5, 0.6) is 0 Å². The zero-order chi connectivity index (χ0) is 30.7. The number of hydroxylamine groups is 1. The summed E-state index contributed by atoms with van der Waals surface area (Å²) in [6, 6.07) is 17.5. The number of piperazine rings is 1. The van der Waals surface area contributed by atoms with Gasteiger partial charge < -0.3 is 24.8 Å². The molecule has 2 saturated heterocycles. The molecule has 2 aliphatic heterocycles. The average Bonchev–Trinajstić information content (AvgIpc) is 3.08. The quantitative estimate of drug-likeness (QED) is 0.180. The molecule has 0 spiro atoms. The highest BCUT2D eigenvalue weighted by Gasteiger charge is 2.34. The third-order valence-electron chi connectivity index (χ3n) is 7.96. The molecular weight excluding hydrogens is 564 g/mol. The largest absolute Gasteiger partial charge is 0.392 e. The number of aromatic nitrogens is 2. The monoisotopic (exact) mass is 604 g/mol. The molecule has 0 radical (unpaired) electrons. The van der Waals surface area contributed by atoms with Gasteiger partial charge in [0.15, 0.2) is 6.29 Å². The van der Waals surface area contributed by atoms with E-state index in [0.29, 0.717) is 19.4 Å². The molecule has 5 rings (SSSR count). The third kappa shape index (κ3) is 8.80. The first-order valence-corrected chi connectivity index (χ1v) is 15.0. The van der Waals surface area contributed by atoms with E-state index in [1.54, 1.807) is 17.9 Å². The fraction of sp³-hybridized carbons (Fsp3) is 0.438. The molecule has 0 bridgehead atoms. The number of amides is 2. The summed E-state index contributed by atoms with van der Waals surface area (Å²) in [5.41, 5.74) is 5.29. The van der Waals surface area contributed by atoms with Gasteiger partial charge in [0.05, 0.1) is 18.8 Å². The Bertz CT molecular complexity index is 1340. The summed E-state index contributed by atoms with van der Waals surface area (Å²) < 4.78 is 13.0. The van der Waals surface area contributed by atoms with Crippen LogP contribution in [0.15, 0.2) is 67.0 Å². The molecule has 2 aromatic carbocycles. The van der Waals surface area contributed by atoms with E-state index in [1.807, 2.05) is 54.6 Å². The van der Waals surface area contributed by atoms with E-state index in [1.165, 1.54) is 0 Å². The Morgan fingerprint density at radius 2 is 1.52 bits per heavy atom. The summed E-state index contributed by atoms with van der Waals surface area (Å²) in [6.07, 6.45) is 4.11. The van der Waals surface area contributed by atoms with E-state index < -0.39 is 12.2 Å². The average molecular weight is 605 g/mol. The number of hydrogen-bond acceptors (Lipinski definition) is 10. The lowest BCUT2D eigenvalue weighted by Crippen LogP contribution is -2.50. The van der Waals surface area contributed by atoms with Gasteiger partial charge in [0, 0.05) is 76.5 Å². The Labute approximate surface area is 257 Å². The molecule has 1 aromatic heterocycles. The molecule has 3 unspecified atom stereocenters. The van der Waals surface area contributed by atoms with Crippen LogP contribution in [0.2, 0.25) is 0 Å². The SMILES string of the molecule is O=C(CCCC(=O)NCc1ccc(C2OC(CN3CCN(c4ncccn4)CC3)CC(c3ccc(CO)cc3)O2)cc1)NO. The van der Waals surface area contributed by atoms with Crippen molar-refractivity contribution in [2.75, 3.05) is 37.6 Å². The fourth-order valence-corrected chi connectivity index (χ4v) is 5.45. The van der Waals surface area contributed by atoms with Gasteiger partial charge in [-0.3, -0.25) is 19.7 Å². The van der Waals surface area contributed by atoms with E-state index in [4.69, 9.17) is 14.7 Å². The van der Waals surface area contributed by atoms with Gasteiger partial charge in [0.1, 0.15) is 0 Å². The maximum absolute atomic E-state index is 12.1. The number of aliphatic hydroxyl groups excluding tert-OH is 1. The summed E-state index contributed by atoms with van der Waals surface area (Å²) in [5.74, 6) is 0.0951. The molecule has 4 N–H and O–H groups in total. The van der Waals surface area contributed by atoms with E-state index in [-0.39, 0.29) is 37.6 Å². The molecule has 3 aromatic rings. The molecule has 0 saturated carbocycles. The Morgan fingerprint density at radius 3 is 2.20 bits per heavy atom. The summed E-state index contributed by atoms with van der Waals surface area (Å²) >= 11 is 0. The number of ether oxygens (including phenoxy) is 2. The number of hydrogen-bond donors (Lipinski definition) is 4. The third-order valence-corrected chi connectivity index (χ3v) is 7.96.